The van der Waals surface area contributed by atoms with Crippen LogP contribution in [0.5, 0.6) is 5.75 Å². The van der Waals surface area contributed by atoms with E-state index in [-0.39, 0.29) is 10.9 Å². The summed E-state index contributed by atoms with van der Waals surface area (Å²) in [6, 6.07) is 20.3. The standard InChI is InChI=1S/C27H28ClFN2O2S/c1-2-34-23-10-3-19(4-11-23)17-26(32)31-21-6-8-22(9-7-21)33-27(13-15-30-16-14-27)20-5-12-24(28)25(29)18-20/h3-12,18,30H,2,13-17H2,1H3,(H,31,32). The monoisotopic (exact) mass is 498 g/mol. The Hall–Kier alpha value is -2.54. The highest BCUT2D eigenvalue weighted by Crippen LogP contribution is 2.37. The number of amides is 1. The van der Waals surface area contributed by atoms with Gasteiger partial charge < -0.3 is 15.4 Å². The third-order valence-electron chi connectivity index (χ3n) is 5.91. The average Bonchev–Trinajstić information content (AvgIpc) is 2.84. The molecule has 1 saturated heterocycles. The van der Waals surface area contributed by atoms with E-state index in [2.05, 4.69) is 17.6 Å². The van der Waals surface area contributed by atoms with Crippen LogP contribution in [0.4, 0.5) is 10.1 Å². The van der Waals surface area contributed by atoms with E-state index in [9.17, 15) is 9.18 Å². The molecule has 178 valence electrons. The van der Waals surface area contributed by atoms with Crippen LogP contribution in [0.2, 0.25) is 5.02 Å². The van der Waals surface area contributed by atoms with Crippen LogP contribution in [-0.4, -0.2) is 24.7 Å². The molecule has 0 radical (unpaired) electrons. The van der Waals surface area contributed by atoms with Gasteiger partial charge in [-0.05, 0) is 78.5 Å². The molecule has 0 unspecified atom stereocenters. The smallest absolute Gasteiger partial charge is 0.228 e. The molecule has 0 saturated carbocycles. The normalized spacial score (nSPS) is 15.0. The fourth-order valence-corrected chi connectivity index (χ4v) is 4.93. The number of halogens is 2. The van der Waals surface area contributed by atoms with Crippen molar-refractivity contribution in [3.8, 4) is 5.75 Å². The van der Waals surface area contributed by atoms with Gasteiger partial charge in [0.25, 0.3) is 0 Å². The van der Waals surface area contributed by atoms with Gasteiger partial charge in [0.1, 0.15) is 17.2 Å². The zero-order chi connectivity index (χ0) is 24.0. The molecule has 1 heterocycles. The summed E-state index contributed by atoms with van der Waals surface area (Å²) in [5.41, 5.74) is 1.81. The van der Waals surface area contributed by atoms with Gasteiger partial charge in [-0.25, -0.2) is 4.39 Å². The number of nitrogens with one attached hydrogen (secondary N) is 2. The molecule has 3 aromatic rings. The summed E-state index contributed by atoms with van der Waals surface area (Å²) in [7, 11) is 0. The quantitative estimate of drug-likeness (QED) is 0.351. The van der Waals surface area contributed by atoms with E-state index in [1.54, 1.807) is 17.8 Å². The Morgan fingerprint density at radius 3 is 2.44 bits per heavy atom. The van der Waals surface area contributed by atoms with Gasteiger partial charge in [-0.1, -0.05) is 36.7 Å². The minimum atomic E-state index is -0.635. The maximum Gasteiger partial charge on any atom is 0.228 e. The number of carbonyl (C=O) groups excluding carboxylic acids is 1. The topological polar surface area (TPSA) is 50.4 Å². The number of thioether (sulfide) groups is 1. The molecule has 3 aromatic carbocycles. The Labute approximate surface area is 209 Å². The molecular weight excluding hydrogens is 471 g/mol. The van der Waals surface area contributed by atoms with E-state index in [0.29, 0.717) is 30.7 Å². The predicted octanol–water partition coefficient (Wildman–Crippen LogP) is 6.43. The van der Waals surface area contributed by atoms with E-state index in [1.165, 1.54) is 11.0 Å². The van der Waals surface area contributed by atoms with E-state index in [4.69, 9.17) is 16.3 Å². The third kappa shape index (κ3) is 6.12. The van der Waals surface area contributed by atoms with Crippen LogP contribution in [0.1, 0.15) is 30.9 Å². The van der Waals surface area contributed by atoms with Crippen molar-refractivity contribution in [2.24, 2.45) is 0 Å². The van der Waals surface area contributed by atoms with Crippen molar-refractivity contribution in [2.75, 3.05) is 24.2 Å². The molecule has 4 nitrogen and oxygen atoms in total. The molecule has 1 aliphatic rings. The maximum atomic E-state index is 14.2. The van der Waals surface area contributed by atoms with Crippen LogP contribution in [0.25, 0.3) is 0 Å². The lowest BCUT2D eigenvalue weighted by Crippen LogP contribution is -2.44. The van der Waals surface area contributed by atoms with Gasteiger partial charge in [-0.15, -0.1) is 11.8 Å². The molecule has 1 amide bonds. The molecule has 4 rings (SSSR count). The molecule has 1 fully saturated rings. The average molecular weight is 499 g/mol. The number of piperidine rings is 1. The van der Waals surface area contributed by atoms with Gasteiger partial charge in [0.2, 0.25) is 5.91 Å². The zero-order valence-corrected chi connectivity index (χ0v) is 20.6. The number of hydrogen-bond donors (Lipinski definition) is 2. The Morgan fingerprint density at radius 1 is 1.09 bits per heavy atom. The van der Waals surface area contributed by atoms with Gasteiger partial charge >= 0.3 is 0 Å². The molecule has 34 heavy (non-hydrogen) atoms. The highest BCUT2D eigenvalue weighted by molar-refractivity contribution is 7.99. The summed E-state index contributed by atoms with van der Waals surface area (Å²) >= 11 is 7.67. The van der Waals surface area contributed by atoms with Gasteiger partial charge in [0.15, 0.2) is 0 Å². The largest absolute Gasteiger partial charge is 0.482 e. The second-order valence-electron chi connectivity index (χ2n) is 8.30. The molecule has 0 bridgehead atoms. The van der Waals surface area contributed by atoms with Crippen molar-refractivity contribution in [3.05, 3.63) is 88.7 Å². The Morgan fingerprint density at radius 2 is 1.79 bits per heavy atom. The van der Waals surface area contributed by atoms with Crippen molar-refractivity contribution in [1.82, 2.24) is 5.32 Å². The van der Waals surface area contributed by atoms with Crippen molar-refractivity contribution >= 4 is 35.0 Å². The molecule has 0 aliphatic carbocycles. The lowest BCUT2D eigenvalue weighted by atomic mass is 9.84. The first-order chi connectivity index (χ1) is 16.5. The van der Waals surface area contributed by atoms with E-state index < -0.39 is 11.4 Å². The van der Waals surface area contributed by atoms with Gasteiger partial charge in [-0.3, -0.25) is 4.79 Å². The summed E-state index contributed by atoms with van der Waals surface area (Å²) in [6.45, 7) is 3.67. The number of rotatable bonds is 8. The number of hydrogen-bond acceptors (Lipinski definition) is 4. The van der Waals surface area contributed by atoms with E-state index in [0.717, 1.165) is 30.0 Å². The van der Waals surface area contributed by atoms with Crippen LogP contribution in [0.3, 0.4) is 0 Å². The predicted molar refractivity (Wildman–Crippen MR) is 137 cm³/mol. The highest BCUT2D eigenvalue weighted by Gasteiger charge is 2.36. The summed E-state index contributed by atoms with van der Waals surface area (Å²) in [5.74, 6) is 1.17. The number of ether oxygens (including phenoxy) is 1. The first-order valence-corrected chi connectivity index (χ1v) is 12.8. The third-order valence-corrected chi connectivity index (χ3v) is 7.11. The summed E-state index contributed by atoms with van der Waals surface area (Å²) in [6.07, 6.45) is 1.73. The second-order valence-corrected chi connectivity index (χ2v) is 10.0. The summed E-state index contributed by atoms with van der Waals surface area (Å²) in [4.78, 5) is 13.7. The first kappa shape index (κ1) is 24.6. The number of benzene rings is 3. The van der Waals surface area contributed by atoms with Crippen LogP contribution in [0.15, 0.2) is 71.6 Å². The SMILES string of the molecule is CCSc1ccc(CC(=O)Nc2ccc(OC3(c4ccc(Cl)c(F)c4)CCNCC3)cc2)cc1. The zero-order valence-electron chi connectivity index (χ0n) is 19.1. The molecular formula is C27H28ClFN2O2S. The number of carbonyl (C=O) groups is 1. The fraction of sp³-hybridized carbons (Fsp3) is 0.296. The molecule has 0 spiro atoms. The molecule has 2 N–H and O–H groups in total. The van der Waals surface area contributed by atoms with Crippen LogP contribution >= 0.6 is 23.4 Å². The Balaban J connectivity index is 1.41. The van der Waals surface area contributed by atoms with Crippen LogP contribution in [-0.2, 0) is 16.8 Å². The molecule has 1 aliphatic heterocycles. The highest BCUT2D eigenvalue weighted by atomic mass is 35.5. The Bertz CT molecular complexity index is 1120. The van der Waals surface area contributed by atoms with Gasteiger partial charge in [-0.2, -0.15) is 0 Å². The molecule has 0 atom stereocenters. The Kier molecular flexibility index (Phi) is 8.14. The lowest BCUT2D eigenvalue weighted by Gasteiger charge is -2.38. The number of anilines is 1. The summed E-state index contributed by atoms with van der Waals surface area (Å²) in [5, 5.41) is 6.38. The minimum Gasteiger partial charge on any atom is -0.482 e. The van der Waals surface area contributed by atoms with Crippen LogP contribution in [0, 0.1) is 5.82 Å². The molecule has 0 aromatic heterocycles. The van der Waals surface area contributed by atoms with E-state index in [1.807, 2.05) is 54.6 Å². The van der Waals surface area contributed by atoms with Crippen molar-refractivity contribution in [1.29, 1.82) is 0 Å². The van der Waals surface area contributed by atoms with Gasteiger partial charge in [0.05, 0.1) is 11.4 Å². The van der Waals surface area contributed by atoms with Crippen molar-refractivity contribution in [2.45, 2.75) is 36.7 Å². The minimum absolute atomic E-state index is 0.0731. The first-order valence-electron chi connectivity index (χ1n) is 11.4. The lowest BCUT2D eigenvalue weighted by molar-refractivity contribution is -0.115. The summed E-state index contributed by atoms with van der Waals surface area (Å²) < 4.78 is 20.6. The van der Waals surface area contributed by atoms with Gasteiger partial charge in [0, 0.05) is 23.4 Å². The van der Waals surface area contributed by atoms with Crippen LogP contribution < -0.4 is 15.4 Å². The van der Waals surface area contributed by atoms with E-state index >= 15 is 0 Å². The maximum absolute atomic E-state index is 14.2. The van der Waals surface area contributed by atoms with Crippen molar-refractivity contribution < 1.29 is 13.9 Å². The van der Waals surface area contributed by atoms with Crippen molar-refractivity contribution in [3.63, 3.8) is 0 Å². The second kappa shape index (κ2) is 11.3. The fourth-order valence-electron chi connectivity index (χ4n) is 4.15. The molecule has 7 heteroatoms.